The van der Waals surface area contributed by atoms with Crippen LogP contribution >= 0.6 is 50.9 Å². The Kier molecular flexibility index (Phi) is 8.44. The fourth-order valence-corrected chi connectivity index (χ4v) is 4.18. The Morgan fingerprint density at radius 2 is 2.07 bits per heavy atom. The number of ether oxygens (including phenoxy) is 1. The smallest absolute Gasteiger partial charge is 0.234 e. The molecule has 0 radical (unpaired) electrons. The van der Waals surface area contributed by atoms with Crippen molar-refractivity contribution in [3.05, 3.63) is 62.8 Å². The van der Waals surface area contributed by atoms with Crippen LogP contribution < -0.4 is 10.1 Å². The quantitative estimate of drug-likeness (QED) is 0.287. The van der Waals surface area contributed by atoms with E-state index in [0.29, 0.717) is 34.0 Å². The highest BCUT2D eigenvalue weighted by atomic mass is 79.9. The fourth-order valence-electron chi connectivity index (χ4n) is 2.59. The van der Waals surface area contributed by atoms with Crippen LogP contribution in [-0.2, 0) is 18.3 Å². The number of carbonyl (C=O) groups excluding carboxylic acids is 1. The summed E-state index contributed by atoms with van der Waals surface area (Å²) in [4.78, 5) is 12.2. The molecule has 1 heterocycles. The van der Waals surface area contributed by atoms with Crippen LogP contribution in [0.15, 0.2) is 52.1 Å². The van der Waals surface area contributed by atoms with E-state index in [1.54, 1.807) is 18.2 Å². The third-order valence-electron chi connectivity index (χ3n) is 4.06. The minimum absolute atomic E-state index is 0.101. The molecule has 30 heavy (non-hydrogen) atoms. The molecule has 3 aromatic rings. The van der Waals surface area contributed by atoms with Crippen LogP contribution in [0.1, 0.15) is 12.2 Å². The summed E-state index contributed by atoms with van der Waals surface area (Å²) >= 11 is 16.7. The van der Waals surface area contributed by atoms with Gasteiger partial charge in [0.15, 0.2) is 5.16 Å². The number of anilines is 1. The number of hydrogen-bond donors (Lipinski definition) is 1. The van der Waals surface area contributed by atoms with Gasteiger partial charge in [-0.1, -0.05) is 57.0 Å². The number of aryl methyl sites for hydroxylation is 1. The number of thioether (sulfide) groups is 1. The van der Waals surface area contributed by atoms with Crippen molar-refractivity contribution in [3.63, 3.8) is 0 Å². The van der Waals surface area contributed by atoms with Crippen molar-refractivity contribution in [2.24, 2.45) is 7.05 Å². The van der Waals surface area contributed by atoms with Crippen LogP contribution in [0.5, 0.6) is 5.75 Å². The van der Waals surface area contributed by atoms with Gasteiger partial charge in [-0.2, -0.15) is 0 Å². The summed E-state index contributed by atoms with van der Waals surface area (Å²) in [7, 11) is 1.89. The Hall–Kier alpha value is -1.74. The number of benzene rings is 2. The normalized spacial score (nSPS) is 10.8. The van der Waals surface area contributed by atoms with Crippen molar-refractivity contribution in [2.45, 2.75) is 18.0 Å². The van der Waals surface area contributed by atoms with Crippen molar-refractivity contribution in [1.29, 1.82) is 0 Å². The molecular weight excluding hydrogens is 511 g/mol. The number of rotatable bonds is 9. The SMILES string of the molecule is Cn1c(CCCOc2ccc(Cl)cc2Cl)nnc1SCC(=O)Nc1cccc(Br)c1. The van der Waals surface area contributed by atoms with Gasteiger partial charge in [0, 0.05) is 28.7 Å². The van der Waals surface area contributed by atoms with Crippen molar-refractivity contribution in [2.75, 3.05) is 17.7 Å². The van der Waals surface area contributed by atoms with E-state index in [0.717, 1.165) is 22.4 Å². The monoisotopic (exact) mass is 528 g/mol. The number of amides is 1. The summed E-state index contributed by atoms with van der Waals surface area (Å²) in [6.07, 6.45) is 1.44. The second-order valence-corrected chi connectivity index (χ2v) is 9.03. The Morgan fingerprint density at radius 1 is 1.23 bits per heavy atom. The molecule has 158 valence electrons. The van der Waals surface area contributed by atoms with Crippen LogP contribution in [0.2, 0.25) is 10.0 Å². The molecule has 0 bridgehead atoms. The van der Waals surface area contributed by atoms with E-state index in [2.05, 4.69) is 31.4 Å². The summed E-state index contributed by atoms with van der Waals surface area (Å²) in [6, 6.07) is 12.6. The highest BCUT2D eigenvalue weighted by molar-refractivity contribution is 9.10. The molecule has 0 spiro atoms. The summed E-state index contributed by atoms with van der Waals surface area (Å²) in [5.74, 6) is 1.58. The summed E-state index contributed by atoms with van der Waals surface area (Å²) in [6.45, 7) is 0.492. The molecule has 10 heteroatoms. The number of nitrogens with one attached hydrogen (secondary N) is 1. The number of carbonyl (C=O) groups is 1. The van der Waals surface area contributed by atoms with Crippen LogP contribution in [0, 0.1) is 0 Å². The van der Waals surface area contributed by atoms with Crippen LogP contribution in [0.25, 0.3) is 0 Å². The van der Waals surface area contributed by atoms with Gasteiger partial charge in [-0.25, -0.2) is 0 Å². The second-order valence-electron chi connectivity index (χ2n) is 6.33. The molecule has 3 rings (SSSR count). The summed E-state index contributed by atoms with van der Waals surface area (Å²) < 4.78 is 8.50. The number of nitrogens with zero attached hydrogens (tertiary/aromatic N) is 3. The predicted molar refractivity (Wildman–Crippen MR) is 125 cm³/mol. The van der Waals surface area contributed by atoms with Gasteiger partial charge >= 0.3 is 0 Å². The second kappa shape index (κ2) is 11.0. The van der Waals surface area contributed by atoms with Crippen molar-refractivity contribution < 1.29 is 9.53 Å². The highest BCUT2D eigenvalue weighted by Gasteiger charge is 2.12. The molecule has 2 aromatic carbocycles. The van der Waals surface area contributed by atoms with Crippen molar-refractivity contribution >= 4 is 62.5 Å². The zero-order chi connectivity index (χ0) is 21.5. The van der Waals surface area contributed by atoms with E-state index < -0.39 is 0 Å². The van der Waals surface area contributed by atoms with Gasteiger partial charge in [-0.05, 0) is 42.8 Å². The molecule has 0 atom stereocenters. The van der Waals surface area contributed by atoms with Gasteiger partial charge in [0.25, 0.3) is 0 Å². The van der Waals surface area contributed by atoms with Crippen LogP contribution in [-0.4, -0.2) is 33.0 Å². The summed E-state index contributed by atoms with van der Waals surface area (Å²) in [5, 5.41) is 13.0. The minimum Gasteiger partial charge on any atom is -0.492 e. The fraction of sp³-hybridized carbons (Fsp3) is 0.250. The van der Waals surface area contributed by atoms with Crippen LogP contribution in [0.4, 0.5) is 5.69 Å². The molecular formula is C20H19BrCl2N4O2S. The van der Waals surface area contributed by atoms with Crippen molar-refractivity contribution in [3.8, 4) is 5.75 Å². The average Bonchev–Trinajstić information content (AvgIpc) is 3.04. The van der Waals surface area contributed by atoms with E-state index in [1.165, 1.54) is 11.8 Å². The third-order valence-corrected chi connectivity index (χ3v) is 6.11. The maximum absolute atomic E-state index is 12.2. The van der Waals surface area contributed by atoms with Crippen LogP contribution in [0.3, 0.4) is 0 Å². The molecule has 0 aliphatic rings. The molecule has 1 amide bonds. The Morgan fingerprint density at radius 3 is 2.83 bits per heavy atom. The van der Waals surface area contributed by atoms with Gasteiger partial charge in [0.2, 0.25) is 5.91 Å². The molecule has 1 N–H and O–H groups in total. The zero-order valence-corrected chi connectivity index (χ0v) is 20.0. The maximum atomic E-state index is 12.2. The molecule has 0 saturated heterocycles. The molecule has 1 aromatic heterocycles. The first kappa shape index (κ1) is 22.9. The van der Waals surface area contributed by atoms with E-state index in [1.807, 2.05) is 35.9 Å². The third kappa shape index (κ3) is 6.63. The minimum atomic E-state index is -0.101. The standard InChI is InChI=1S/C20H19BrCl2N4O2S/c1-27-18(6-3-9-29-17-8-7-14(22)11-16(17)23)25-26-20(27)30-12-19(28)24-15-5-2-4-13(21)10-15/h2,4-5,7-8,10-11H,3,6,9,12H2,1H3,(H,24,28). The van der Waals surface area contributed by atoms with Gasteiger partial charge in [-0.3, -0.25) is 4.79 Å². The summed E-state index contributed by atoms with van der Waals surface area (Å²) in [5.41, 5.74) is 0.745. The predicted octanol–water partition coefficient (Wildman–Crippen LogP) is 5.63. The van der Waals surface area contributed by atoms with E-state index >= 15 is 0 Å². The first-order valence-electron chi connectivity index (χ1n) is 9.06. The van der Waals surface area contributed by atoms with Gasteiger partial charge in [0.1, 0.15) is 11.6 Å². The Balaban J connectivity index is 1.44. The number of halogens is 3. The Labute approximate surface area is 197 Å². The van der Waals surface area contributed by atoms with E-state index in [-0.39, 0.29) is 11.7 Å². The molecule has 0 aliphatic heterocycles. The molecule has 0 fully saturated rings. The molecule has 6 nitrogen and oxygen atoms in total. The zero-order valence-electron chi connectivity index (χ0n) is 16.1. The van der Waals surface area contributed by atoms with E-state index in [9.17, 15) is 4.79 Å². The highest BCUT2D eigenvalue weighted by Crippen LogP contribution is 2.27. The first-order valence-corrected chi connectivity index (χ1v) is 11.6. The lowest BCUT2D eigenvalue weighted by Gasteiger charge is -2.08. The molecule has 0 aliphatic carbocycles. The first-order chi connectivity index (χ1) is 14.4. The average molecular weight is 530 g/mol. The topological polar surface area (TPSA) is 69.0 Å². The molecule has 0 unspecified atom stereocenters. The lowest BCUT2D eigenvalue weighted by molar-refractivity contribution is -0.113. The largest absolute Gasteiger partial charge is 0.492 e. The molecule has 0 saturated carbocycles. The lowest BCUT2D eigenvalue weighted by atomic mass is 10.3. The van der Waals surface area contributed by atoms with Gasteiger partial charge < -0.3 is 14.6 Å². The van der Waals surface area contributed by atoms with Gasteiger partial charge in [-0.15, -0.1) is 10.2 Å². The van der Waals surface area contributed by atoms with Gasteiger partial charge in [0.05, 0.1) is 17.4 Å². The van der Waals surface area contributed by atoms with Crippen molar-refractivity contribution in [1.82, 2.24) is 14.8 Å². The Bertz CT molecular complexity index is 1030. The number of aromatic nitrogens is 3. The number of hydrogen-bond acceptors (Lipinski definition) is 5. The lowest BCUT2D eigenvalue weighted by Crippen LogP contribution is -2.14. The maximum Gasteiger partial charge on any atom is 0.234 e. The van der Waals surface area contributed by atoms with E-state index in [4.69, 9.17) is 27.9 Å².